The van der Waals surface area contributed by atoms with E-state index in [9.17, 15) is 0 Å². The van der Waals surface area contributed by atoms with Crippen LogP contribution >= 0.6 is 0 Å². The second kappa shape index (κ2) is 4.71. The van der Waals surface area contributed by atoms with Gasteiger partial charge < -0.3 is 5.73 Å². The van der Waals surface area contributed by atoms with Crippen LogP contribution in [0.3, 0.4) is 0 Å². The summed E-state index contributed by atoms with van der Waals surface area (Å²) in [5.74, 6) is 0.594. The highest BCUT2D eigenvalue weighted by Gasteiger charge is 2.06. The summed E-state index contributed by atoms with van der Waals surface area (Å²) in [6.45, 7) is 2.58. The quantitative estimate of drug-likeness (QED) is 0.873. The molecule has 0 amide bonds. The first-order valence-electron chi connectivity index (χ1n) is 5.48. The minimum Gasteiger partial charge on any atom is -0.384 e. The minimum absolute atomic E-state index is 0.416. The van der Waals surface area contributed by atoms with Crippen LogP contribution in [0.1, 0.15) is 12.0 Å². The molecule has 0 saturated heterocycles. The van der Waals surface area contributed by atoms with E-state index >= 15 is 0 Å². The molecule has 1 aromatic carbocycles. The minimum atomic E-state index is 0.416. The molecule has 2 rings (SSSR count). The molecule has 4 heteroatoms. The van der Waals surface area contributed by atoms with Crippen LogP contribution in [-0.2, 0) is 6.54 Å². The number of nitriles is 1. The van der Waals surface area contributed by atoms with Crippen molar-refractivity contribution in [3.63, 3.8) is 0 Å². The average molecular weight is 226 g/mol. The number of rotatable bonds is 3. The SMILES string of the molecule is Cc1cccc(-c2cc(N)n(CCC#N)n2)c1. The van der Waals surface area contributed by atoms with Crippen LogP contribution in [0, 0.1) is 18.3 Å². The molecule has 2 aromatic rings. The summed E-state index contributed by atoms with van der Waals surface area (Å²) in [5.41, 5.74) is 8.94. The zero-order valence-electron chi connectivity index (χ0n) is 9.72. The Morgan fingerprint density at radius 1 is 1.41 bits per heavy atom. The van der Waals surface area contributed by atoms with Gasteiger partial charge in [0, 0.05) is 11.6 Å². The van der Waals surface area contributed by atoms with Gasteiger partial charge in [0.2, 0.25) is 0 Å². The molecule has 0 atom stereocenters. The molecule has 1 aromatic heterocycles. The Morgan fingerprint density at radius 2 is 2.24 bits per heavy atom. The lowest BCUT2D eigenvalue weighted by molar-refractivity contribution is 0.639. The second-order valence-electron chi connectivity index (χ2n) is 3.96. The van der Waals surface area contributed by atoms with E-state index in [1.807, 2.05) is 31.2 Å². The molecule has 0 fully saturated rings. The Hall–Kier alpha value is -2.28. The fraction of sp³-hybridized carbons (Fsp3) is 0.231. The summed E-state index contributed by atoms with van der Waals surface area (Å²) in [6.07, 6.45) is 0.416. The van der Waals surface area contributed by atoms with Gasteiger partial charge in [-0.3, -0.25) is 0 Å². The first kappa shape index (κ1) is 11.2. The van der Waals surface area contributed by atoms with E-state index < -0.39 is 0 Å². The van der Waals surface area contributed by atoms with Gasteiger partial charge in [0.05, 0.1) is 24.7 Å². The van der Waals surface area contributed by atoms with E-state index in [2.05, 4.69) is 17.2 Å². The van der Waals surface area contributed by atoms with Crippen molar-refractivity contribution in [1.82, 2.24) is 9.78 Å². The van der Waals surface area contributed by atoms with Crippen molar-refractivity contribution in [1.29, 1.82) is 5.26 Å². The van der Waals surface area contributed by atoms with Crippen LogP contribution in [0.25, 0.3) is 11.3 Å². The van der Waals surface area contributed by atoms with Gasteiger partial charge in [-0.2, -0.15) is 10.4 Å². The smallest absolute Gasteiger partial charge is 0.122 e. The van der Waals surface area contributed by atoms with E-state index in [1.165, 1.54) is 5.56 Å². The van der Waals surface area contributed by atoms with Gasteiger partial charge in [0.1, 0.15) is 5.82 Å². The van der Waals surface area contributed by atoms with Gasteiger partial charge in [-0.1, -0.05) is 23.8 Å². The maximum atomic E-state index is 8.55. The standard InChI is InChI=1S/C13H14N4/c1-10-4-2-5-11(8-10)12-9-13(15)17(16-12)7-3-6-14/h2,4-5,8-9H,3,7,15H2,1H3. The summed E-state index contributed by atoms with van der Waals surface area (Å²) in [6, 6.07) is 12.0. The molecular formula is C13H14N4. The van der Waals surface area contributed by atoms with E-state index in [-0.39, 0.29) is 0 Å². The Kier molecular flexibility index (Phi) is 3.10. The van der Waals surface area contributed by atoms with Crippen LogP contribution in [0.15, 0.2) is 30.3 Å². The monoisotopic (exact) mass is 226 g/mol. The average Bonchev–Trinajstić information content (AvgIpc) is 2.68. The molecular weight excluding hydrogens is 212 g/mol. The van der Waals surface area contributed by atoms with E-state index in [0.29, 0.717) is 18.8 Å². The lowest BCUT2D eigenvalue weighted by Crippen LogP contribution is -2.03. The van der Waals surface area contributed by atoms with Crippen molar-refractivity contribution in [2.75, 3.05) is 5.73 Å². The Labute approximate surface area is 100 Å². The highest BCUT2D eigenvalue weighted by Crippen LogP contribution is 2.21. The number of hydrogen-bond acceptors (Lipinski definition) is 3. The normalized spacial score (nSPS) is 10.1. The Bertz CT molecular complexity index is 563. The highest BCUT2D eigenvalue weighted by atomic mass is 15.3. The first-order chi connectivity index (χ1) is 8.20. The predicted octanol–water partition coefficient (Wildman–Crippen LogP) is 2.35. The third kappa shape index (κ3) is 2.45. The van der Waals surface area contributed by atoms with Gasteiger partial charge in [-0.05, 0) is 13.0 Å². The molecule has 17 heavy (non-hydrogen) atoms. The van der Waals surface area contributed by atoms with Gasteiger partial charge in [-0.25, -0.2) is 4.68 Å². The van der Waals surface area contributed by atoms with Crippen LogP contribution in [0.4, 0.5) is 5.82 Å². The summed E-state index contributed by atoms with van der Waals surface area (Å²) in [4.78, 5) is 0. The van der Waals surface area contributed by atoms with Crippen molar-refractivity contribution in [3.05, 3.63) is 35.9 Å². The number of hydrogen-bond donors (Lipinski definition) is 1. The highest BCUT2D eigenvalue weighted by molar-refractivity contribution is 5.62. The van der Waals surface area contributed by atoms with Gasteiger partial charge in [-0.15, -0.1) is 0 Å². The van der Waals surface area contributed by atoms with Crippen molar-refractivity contribution in [2.24, 2.45) is 0 Å². The zero-order valence-corrected chi connectivity index (χ0v) is 9.72. The molecule has 0 spiro atoms. The Morgan fingerprint density at radius 3 is 2.94 bits per heavy atom. The van der Waals surface area contributed by atoms with Crippen molar-refractivity contribution in [2.45, 2.75) is 19.9 Å². The summed E-state index contributed by atoms with van der Waals surface area (Å²) >= 11 is 0. The third-order valence-corrected chi connectivity index (χ3v) is 2.56. The summed E-state index contributed by atoms with van der Waals surface area (Å²) < 4.78 is 1.67. The lowest BCUT2D eigenvalue weighted by Gasteiger charge is -1.99. The maximum absolute atomic E-state index is 8.55. The summed E-state index contributed by atoms with van der Waals surface area (Å²) in [7, 11) is 0. The molecule has 0 aliphatic carbocycles. The molecule has 0 radical (unpaired) electrons. The van der Waals surface area contributed by atoms with Gasteiger partial charge in [0.25, 0.3) is 0 Å². The number of benzene rings is 1. The van der Waals surface area contributed by atoms with E-state index in [4.69, 9.17) is 11.0 Å². The van der Waals surface area contributed by atoms with Crippen molar-refractivity contribution in [3.8, 4) is 17.3 Å². The number of nitrogens with zero attached hydrogens (tertiary/aromatic N) is 3. The number of nitrogens with two attached hydrogens (primary N) is 1. The molecule has 4 nitrogen and oxygen atoms in total. The van der Waals surface area contributed by atoms with Crippen LogP contribution in [0.5, 0.6) is 0 Å². The molecule has 0 aliphatic rings. The molecule has 2 N–H and O–H groups in total. The molecule has 0 unspecified atom stereocenters. The van der Waals surface area contributed by atoms with Crippen LogP contribution in [-0.4, -0.2) is 9.78 Å². The Balaban J connectivity index is 2.31. The number of aryl methyl sites for hydroxylation is 2. The van der Waals surface area contributed by atoms with Crippen molar-refractivity contribution < 1.29 is 0 Å². The largest absolute Gasteiger partial charge is 0.384 e. The van der Waals surface area contributed by atoms with Gasteiger partial charge >= 0.3 is 0 Å². The van der Waals surface area contributed by atoms with E-state index in [0.717, 1.165) is 11.3 Å². The number of nitrogen functional groups attached to an aromatic ring is 1. The lowest BCUT2D eigenvalue weighted by atomic mass is 10.1. The molecule has 0 bridgehead atoms. The van der Waals surface area contributed by atoms with E-state index in [1.54, 1.807) is 4.68 Å². The topological polar surface area (TPSA) is 67.6 Å². The zero-order chi connectivity index (χ0) is 12.3. The van der Waals surface area contributed by atoms with Crippen molar-refractivity contribution >= 4 is 5.82 Å². The molecule has 0 aliphatic heterocycles. The molecule has 1 heterocycles. The number of aromatic nitrogens is 2. The predicted molar refractivity (Wildman–Crippen MR) is 67.0 cm³/mol. The number of anilines is 1. The van der Waals surface area contributed by atoms with Crippen LogP contribution < -0.4 is 5.73 Å². The second-order valence-corrected chi connectivity index (χ2v) is 3.96. The third-order valence-electron chi connectivity index (χ3n) is 2.56. The van der Waals surface area contributed by atoms with Crippen LogP contribution in [0.2, 0.25) is 0 Å². The van der Waals surface area contributed by atoms with Gasteiger partial charge in [0.15, 0.2) is 0 Å². The fourth-order valence-electron chi connectivity index (χ4n) is 1.71. The molecule has 0 saturated carbocycles. The summed E-state index contributed by atoms with van der Waals surface area (Å²) in [5, 5.41) is 12.9. The fourth-order valence-corrected chi connectivity index (χ4v) is 1.71. The maximum Gasteiger partial charge on any atom is 0.122 e. The first-order valence-corrected chi connectivity index (χ1v) is 5.48. The molecule has 86 valence electrons.